The van der Waals surface area contributed by atoms with Crippen molar-refractivity contribution in [3.8, 4) is 0 Å². The Balaban J connectivity index is 1.85. The number of aromatic nitrogens is 4. The molecule has 2 heterocycles. The molecule has 2 aromatic heterocycles. The Morgan fingerprint density at radius 3 is 2.50 bits per heavy atom. The van der Waals surface area contributed by atoms with Crippen molar-refractivity contribution < 1.29 is 18.0 Å². The van der Waals surface area contributed by atoms with E-state index in [4.69, 9.17) is 0 Å². The maximum Gasteiger partial charge on any atom is 0.436 e. The van der Waals surface area contributed by atoms with Gasteiger partial charge < -0.3 is 4.90 Å². The zero-order valence-electron chi connectivity index (χ0n) is 15.6. The van der Waals surface area contributed by atoms with Crippen LogP contribution in [0.15, 0.2) is 15.1 Å². The lowest BCUT2D eigenvalue weighted by molar-refractivity contribution is -0.143. The number of hydrogen-bond donors (Lipinski definition) is 0. The van der Waals surface area contributed by atoms with Crippen LogP contribution in [0.1, 0.15) is 55.7 Å². The summed E-state index contributed by atoms with van der Waals surface area (Å²) in [5.41, 5.74) is 0.143. The zero-order chi connectivity index (χ0) is 20.8. The lowest BCUT2D eigenvalue weighted by atomic mass is 10.2. The number of likely N-dealkylation sites (N-methyl/N-ethyl adjacent to an activating group) is 1. The van der Waals surface area contributed by atoms with Crippen molar-refractivity contribution >= 4 is 37.8 Å². The molecule has 28 heavy (non-hydrogen) atoms. The summed E-state index contributed by atoms with van der Waals surface area (Å²) in [5.74, 6) is -0.337. The van der Waals surface area contributed by atoms with E-state index >= 15 is 0 Å². The first-order valence-corrected chi connectivity index (χ1v) is 10.4. The van der Waals surface area contributed by atoms with Gasteiger partial charge in [0.05, 0.1) is 26.9 Å². The lowest BCUT2D eigenvalue weighted by Crippen LogP contribution is -2.34. The molecule has 6 nitrogen and oxygen atoms in total. The number of nitrogens with zero attached hydrogens (tertiary/aromatic N) is 5. The Bertz CT molecular complexity index is 888. The second-order valence-electron chi connectivity index (χ2n) is 6.91. The van der Waals surface area contributed by atoms with Crippen LogP contribution in [0.5, 0.6) is 0 Å². The third-order valence-corrected chi connectivity index (χ3v) is 6.16. The van der Waals surface area contributed by atoms with Gasteiger partial charge in [0.15, 0.2) is 5.69 Å². The number of alkyl halides is 3. The van der Waals surface area contributed by atoms with Crippen molar-refractivity contribution in [2.75, 3.05) is 7.05 Å². The smallest absolute Gasteiger partial charge is 0.338 e. The van der Waals surface area contributed by atoms with Gasteiger partial charge in [0.25, 0.3) is 0 Å². The van der Waals surface area contributed by atoms with E-state index in [1.165, 1.54) is 9.58 Å². The maximum atomic E-state index is 13.3. The fraction of sp³-hybridized carbons (Fsp3) is 0.588. The summed E-state index contributed by atoms with van der Waals surface area (Å²) in [6, 6.07) is -0.861. The number of carbonyl (C=O) groups excluding carboxylic acids is 1. The highest BCUT2D eigenvalue weighted by atomic mass is 79.9. The molecule has 1 aliphatic carbocycles. The first-order valence-electron chi connectivity index (χ1n) is 8.86. The first kappa shape index (κ1) is 21.4. The topological polar surface area (TPSA) is 56.0 Å². The van der Waals surface area contributed by atoms with Crippen LogP contribution in [0.3, 0.4) is 0 Å². The van der Waals surface area contributed by atoms with Crippen LogP contribution >= 0.6 is 31.9 Å². The van der Waals surface area contributed by atoms with Crippen molar-refractivity contribution in [2.24, 2.45) is 0 Å². The molecule has 1 saturated carbocycles. The van der Waals surface area contributed by atoms with Crippen LogP contribution in [0.4, 0.5) is 13.2 Å². The summed E-state index contributed by atoms with van der Waals surface area (Å²) in [4.78, 5) is 14.4. The number of carbonyl (C=O) groups is 1. The average molecular weight is 527 g/mol. The van der Waals surface area contributed by atoms with Gasteiger partial charge in [0.2, 0.25) is 5.91 Å². The summed E-state index contributed by atoms with van der Waals surface area (Å²) < 4.78 is 43.6. The van der Waals surface area contributed by atoms with Crippen LogP contribution in [0.2, 0.25) is 0 Å². The van der Waals surface area contributed by atoms with Crippen LogP contribution in [0, 0.1) is 0 Å². The van der Waals surface area contributed by atoms with Crippen LogP contribution in [-0.2, 0) is 24.1 Å². The molecule has 2 aromatic rings. The number of halogens is 5. The summed E-state index contributed by atoms with van der Waals surface area (Å²) in [7, 11) is 1.61. The normalized spacial score (nSPS) is 15.7. The summed E-state index contributed by atoms with van der Waals surface area (Å²) in [6.45, 7) is 4.46. The molecule has 1 fully saturated rings. The highest BCUT2D eigenvalue weighted by molar-refractivity contribution is 9.10. The monoisotopic (exact) mass is 525 g/mol. The molecule has 1 aliphatic rings. The number of amides is 1. The Morgan fingerprint density at radius 2 is 2.00 bits per heavy atom. The minimum absolute atomic E-state index is 0.00655. The quantitative estimate of drug-likeness (QED) is 0.546. The van der Waals surface area contributed by atoms with E-state index in [1.54, 1.807) is 18.7 Å². The third-order valence-electron chi connectivity index (χ3n) is 4.72. The predicted octanol–water partition coefficient (Wildman–Crippen LogP) is 4.74. The van der Waals surface area contributed by atoms with Gasteiger partial charge in [0, 0.05) is 25.7 Å². The van der Waals surface area contributed by atoms with Gasteiger partial charge in [-0.25, -0.2) is 0 Å². The largest absolute Gasteiger partial charge is 0.436 e. The van der Waals surface area contributed by atoms with Crippen molar-refractivity contribution in [1.29, 1.82) is 0 Å². The fourth-order valence-electron chi connectivity index (χ4n) is 3.06. The molecule has 0 N–H and O–H groups in total. The molecular formula is C17H20Br2F3N5O. The Labute approximate surface area is 177 Å². The predicted molar refractivity (Wildman–Crippen MR) is 104 cm³/mol. The summed E-state index contributed by atoms with van der Waals surface area (Å²) >= 11 is 6.48. The summed E-state index contributed by atoms with van der Waals surface area (Å²) in [5, 5.41) is 8.14. The minimum Gasteiger partial charge on any atom is -0.338 e. The highest BCUT2D eigenvalue weighted by Crippen LogP contribution is 2.47. The molecule has 3 rings (SSSR count). The first-order chi connectivity index (χ1) is 13.0. The second-order valence-corrected chi connectivity index (χ2v) is 8.56. The zero-order valence-corrected chi connectivity index (χ0v) is 18.8. The van der Waals surface area contributed by atoms with Crippen molar-refractivity contribution in [3.63, 3.8) is 0 Å². The van der Waals surface area contributed by atoms with Gasteiger partial charge in [-0.05, 0) is 58.5 Å². The number of rotatable bonds is 6. The third kappa shape index (κ3) is 4.14. The van der Waals surface area contributed by atoms with Crippen molar-refractivity contribution in [2.45, 2.75) is 57.9 Å². The average Bonchev–Trinajstić information content (AvgIpc) is 3.30. The van der Waals surface area contributed by atoms with Crippen LogP contribution in [-0.4, -0.2) is 37.4 Å². The molecule has 154 valence electrons. The van der Waals surface area contributed by atoms with Crippen molar-refractivity contribution in [3.05, 3.63) is 32.2 Å². The molecule has 11 heteroatoms. The molecule has 1 amide bonds. The minimum atomic E-state index is -4.58. The van der Waals surface area contributed by atoms with Crippen molar-refractivity contribution in [1.82, 2.24) is 24.5 Å². The van der Waals surface area contributed by atoms with Gasteiger partial charge in [-0.1, -0.05) is 0 Å². The Morgan fingerprint density at radius 1 is 1.36 bits per heavy atom. The fourth-order valence-corrected chi connectivity index (χ4v) is 4.31. The molecule has 1 unspecified atom stereocenters. The second kappa shape index (κ2) is 7.81. The molecule has 0 aliphatic heterocycles. The van der Waals surface area contributed by atoms with E-state index < -0.39 is 17.9 Å². The number of hydrogen-bond acceptors (Lipinski definition) is 3. The van der Waals surface area contributed by atoms with E-state index in [0.717, 1.165) is 17.3 Å². The molecular weight excluding hydrogens is 507 g/mol. The van der Waals surface area contributed by atoms with E-state index in [1.807, 2.05) is 13.1 Å². The van der Waals surface area contributed by atoms with E-state index in [0.29, 0.717) is 17.9 Å². The van der Waals surface area contributed by atoms with Gasteiger partial charge >= 0.3 is 6.18 Å². The highest BCUT2D eigenvalue weighted by Gasteiger charge is 2.43. The molecule has 0 saturated heterocycles. The SMILES string of the molecule is CCn1cc(Br)c(CN(C)C(=O)C(C)n2nc(C(F)(F)F)c(Br)c2C2CC2)n1. The van der Waals surface area contributed by atoms with E-state index in [9.17, 15) is 18.0 Å². The van der Waals surface area contributed by atoms with Gasteiger partial charge in [-0.15, -0.1) is 0 Å². The summed E-state index contributed by atoms with van der Waals surface area (Å²) in [6.07, 6.45) is -1.18. The van der Waals surface area contributed by atoms with Gasteiger partial charge in [0.1, 0.15) is 6.04 Å². The van der Waals surface area contributed by atoms with Crippen LogP contribution in [0.25, 0.3) is 0 Å². The number of aryl methyl sites for hydroxylation is 1. The molecule has 1 atom stereocenters. The molecule has 0 radical (unpaired) electrons. The van der Waals surface area contributed by atoms with Gasteiger partial charge in [-0.2, -0.15) is 23.4 Å². The standard InChI is InChI=1S/C17H20Br2F3N5O/c1-4-26-7-11(18)12(23-26)8-25(3)16(28)9(2)27-14(10-5-6-10)13(19)15(24-27)17(20,21)22/h7,9-10H,4-6,8H2,1-3H3. The lowest BCUT2D eigenvalue weighted by Gasteiger charge is -2.22. The molecule has 0 bridgehead atoms. The van der Waals surface area contributed by atoms with Gasteiger partial charge in [-0.3, -0.25) is 14.2 Å². The van der Waals surface area contributed by atoms with E-state index in [-0.39, 0.29) is 22.8 Å². The van der Waals surface area contributed by atoms with E-state index in [2.05, 4.69) is 42.1 Å². The Hall–Kier alpha value is -1.36. The molecule has 0 spiro atoms. The Kier molecular flexibility index (Phi) is 5.96. The van der Waals surface area contributed by atoms with Crippen LogP contribution < -0.4 is 0 Å². The maximum absolute atomic E-state index is 13.3. The molecule has 0 aromatic carbocycles.